The third-order valence-electron chi connectivity index (χ3n) is 7.18. The summed E-state index contributed by atoms with van der Waals surface area (Å²) in [6.45, 7) is 8.61. The smallest absolute Gasteiger partial charge is 0.267 e. The summed E-state index contributed by atoms with van der Waals surface area (Å²) in [6, 6.07) is 9.85. The lowest BCUT2D eigenvalue weighted by Crippen LogP contribution is -2.47. The number of hydrogen-bond acceptors (Lipinski definition) is 9. The minimum Gasteiger partial charge on any atom is -0.454 e. The van der Waals surface area contributed by atoms with Gasteiger partial charge in [0.15, 0.2) is 11.5 Å². The van der Waals surface area contributed by atoms with Gasteiger partial charge in [-0.1, -0.05) is 43.0 Å². The van der Waals surface area contributed by atoms with Crippen LogP contribution in [-0.2, 0) is 11.3 Å². The maximum absolute atomic E-state index is 13.8. The second-order valence-electron chi connectivity index (χ2n) is 9.82. The quantitative estimate of drug-likeness (QED) is 0.330. The summed E-state index contributed by atoms with van der Waals surface area (Å²) < 4.78 is 13.0. The van der Waals surface area contributed by atoms with Gasteiger partial charge in [-0.3, -0.25) is 23.8 Å². The van der Waals surface area contributed by atoms with Crippen LogP contribution >= 0.6 is 24.0 Å². The summed E-state index contributed by atoms with van der Waals surface area (Å²) in [7, 11) is 0. The van der Waals surface area contributed by atoms with Gasteiger partial charge in [0.1, 0.15) is 15.8 Å². The van der Waals surface area contributed by atoms with Crippen molar-refractivity contribution >= 4 is 51.7 Å². The number of hydrogen-bond donors (Lipinski definition) is 0. The Morgan fingerprint density at radius 1 is 1.10 bits per heavy atom. The Balaban J connectivity index is 1.29. The molecule has 1 amide bonds. The predicted octanol–water partition coefficient (Wildman–Crippen LogP) is 3.67. The highest BCUT2D eigenvalue weighted by atomic mass is 32.2. The first kappa shape index (κ1) is 25.8. The fraction of sp³-hybridized carbons (Fsp3) is 0.357. The lowest BCUT2D eigenvalue weighted by molar-refractivity contribution is -0.122. The Bertz CT molecular complexity index is 1560. The summed E-state index contributed by atoms with van der Waals surface area (Å²) in [5, 5.41) is 0. The number of amides is 1. The van der Waals surface area contributed by atoms with Crippen molar-refractivity contribution in [1.29, 1.82) is 0 Å². The molecule has 3 aliphatic heterocycles. The number of carbonyl (C=O) groups is 1. The molecule has 1 aromatic carbocycles. The molecule has 0 spiro atoms. The van der Waals surface area contributed by atoms with E-state index >= 15 is 0 Å². The standard InChI is InChI=1S/C28H29N5O4S2/c1-3-8-33-27(35)23(39-28(33)38)15-20-25(29-24-18(2)5-4-9-32(24)26(20)34)31-12-10-30(11-13-31)16-19-6-7-21-22(14-19)37-17-36-21/h4-7,9,14-15H,3,8,10-13,16-17H2,1-2H3/b23-15-. The minimum absolute atomic E-state index is 0.153. The monoisotopic (exact) mass is 563 g/mol. The Kier molecular flexibility index (Phi) is 7.05. The second-order valence-corrected chi connectivity index (χ2v) is 11.5. The molecule has 39 heavy (non-hydrogen) atoms. The van der Waals surface area contributed by atoms with Crippen LogP contribution in [0.25, 0.3) is 11.7 Å². The van der Waals surface area contributed by atoms with E-state index in [9.17, 15) is 9.59 Å². The van der Waals surface area contributed by atoms with Crippen molar-refractivity contribution in [2.24, 2.45) is 0 Å². The van der Waals surface area contributed by atoms with Crippen molar-refractivity contribution in [2.75, 3.05) is 44.4 Å². The zero-order valence-electron chi connectivity index (χ0n) is 21.9. The number of thioether (sulfide) groups is 1. The van der Waals surface area contributed by atoms with Gasteiger partial charge in [0.05, 0.1) is 10.5 Å². The number of anilines is 1. The van der Waals surface area contributed by atoms with Crippen molar-refractivity contribution in [2.45, 2.75) is 26.8 Å². The van der Waals surface area contributed by atoms with Gasteiger partial charge in [-0.2, -0.15) is 0 Å². The maximum atomic E-state index is 13.8. The normalized spacial score (nSPS) is 18.7. The fourth-order valence-electron chi connectivity index (χ4n) is 5.13. The molecule has 0 bridgehead atoms. The van der Waals surface area contributed by atoms with Crippen LogP contribution in [-0.4, -0.2) is 68.9 Å². The molecule has 0 aliphatic carbocycles. The lowest BCUT2D eigenvalue weighted by Gasteiger charge is -2.36. The Morgan fingerprint density at radius 2 is 1.90 bits per heavy atom. The number of piperazine rings is 1. The topological polar surface area (TPSA) is 79.6 Å². The molecule has 202 valence electrons. The number of aromatic nitrogens is 2. The van der Waals surface area contributed by atoms with Crippen LogP contribution < -0.4 is 19.9 Å². The first-order chi connectivity index (χ1) is 18.9. The summed E-state index contributed by atoms with van der Waals surface area (Å²) in [4.78, 5) is 38.5. The van der Waals surface area contributed by atoms with Crippen molar-refractivity contribution in [3.05, 3.63) is 68.5 Å². The molecule has 2 fully saturated rings. The van der Waals surface area contributed by atoms with Gasteiger partial charge in [0.25, 0.3) is 11.5 Å². The fourth-order valence-corrected chi connectivity index (χ4v) is 6.42. The van der Waals surface area contributed by atoms with Crippen LogP contribution in [0.1, 0.15) is 30.0 Å². The Labute approximate surface area is 236 Å². The maximum Gasteiger partial charge on any atom is 0.267 e. The first-order valence-electron chi connectivity index (χ1n) is 13.1. The molecule has 2 aromatic heterocycles. The van der Waals surface area contributed by atoms with Crippen LogP contribution in [0, 0.1) is 6.92 Å². The van der Waals surface area contributed by atoms with E-state index in [1.54, 1.807) is 21.6 Å². The van der Waals surface area contributed by atoms with E-state index in [1.807, 2.05) is 38.1 Å². The van der Waals surface area contributed by atoms with Crippen molar-refractivity contribution in [3.8, 4) is 11.5 Å². The number of nitrogens with zero attached hydrogens (tertiary/aromatic N) is 5. The lowest BCUT2D eigenvalue weighted by atomic mass is 10.1. The van der Waals surface area contributed by atoms with E-state index in [-0.39, 0.29) is 18.3 Å². The number of thiocarbonyl (C=S) groups is 1. The zero-order valence-corrected chi connectivity index (χ0v) is 23.5. The summed E-state index contributed by atoms with van der Waals surface area (Å²) in [5.41, 5.74) is 2.93. The van der Waals surface area contributed by atoms with E-state index in [0.717, 1.165) is 43.1 Å². The average molecular weight is 564 g/mol. The Hall–Kier alpha value is -3.41. The van der Waals surface area contributed by atoms with E-state index in [4.69, 9.17) is 26.7 Å². The van der Waals surface area contributed by atoms with E-state index < -0.39 is 0 Å². The molecule has 0 radical (unpaired) electrons. The number of carbonyl (C=O) groups excluding carboxylic acids is 1. The van der Waals surface area contributed by atoms with Gasteiger partial charge in [0.2, 0.25) is 6.79 Å². The largest absolute Gasteiger partial charge is 0.454 e. The Morgan fingerprint density at radius 3 is 2.69 bits per heavy atom. The summed E-state index contributed by atoms with van der Waals surface area (Å²) >= 11 is 6.70. The van der Waals surface area contributed by atoms with Crippen LogP contribution in [0.5, 0.6) is 11.5 Å². The van der Waals surface area contributed by atoms with Crippen molar-refractivity contribution < 1.29 is 14.3 Å². The highest BCUT2D eigenvalue weighted by Gasteiger charge is 2.32. The molecule has 0 atom stereocenters. The highest BCUT2D eigenvalue weighted by Crippen LogP contribution is 2.35. The molecule has 3 aliphatic rings. The van der Waals surface area contributed by atoms with Gasteiger partial charge < -0.3 is 14.4 Å². The molecular weight excluding hydrogens is 534 g/mol. The van der Waals surface area contributed by atoms with Gasteiger partial charge >= 0.3 is 0 Å². The third-order valence-corrected chi connectivity index (χ3v) is 8.55. The van der Waals surface area contributed by atoms with Gasteiger partial charge in [-0.15, -0.1) is 0 Å². The molecular formula is C28H29N5O4S2. The highest BCUT2D eigenvalue weighted by molar-refractivity contribution is 8.26. The molecule has 0 N–H and O–H groups in total. The van der Waals surface area contributed by atoms with Crippen molar-refractivity contribution in [3.63, 3.8) is 0 Å². The van der Waals surface area contributed by atoms with Gasteiger partial charge in [-0.25, -0.2) is 4.98 Å². The molecule has 6 rings (SSSR count). The first-order valence-corrected chi connectivity index (χ1v) is 14.3. The molecule has 5 heterocycles. The van der Waals surface area contributed by atoms with Crippen molar-refractivity contribution in [1.82, 2.24) is 19.2 Å². The zero-order chi connectivity index (χ0) is 27.1. The number of ether oxygens (including phenoxy) is 2. The summed E-state index contributed by atoms with van der Waals surface area (Å²) in [6.07, 6.45) is 4.22. The SMILES string of the molecule is CCCN1C(=O)/C(=C/c2c(N3CCN(Cc4ccc5c(c4)OCO5)CC3)nc3c(C)cccn3c2=O)SC1=S. The van der Waals surface area contributed by atoms with Gasteiger partial charge in [-0.05, 0) is 48.7 Å². The predicted molar refractivity (Wildman–Crippen MR) is 156 cm³/mol. The number of aryl methyl sites for hydroxylation is 1. The molecule has 9 nitrogen and oxygen atoms in total. The van der Waals surface area contributed by atoms with Gasteiger partial charge in [0, 0.05) is 45.5 Å². The van der Waals surface area contributed by atoms with E-state index in [2.05, 4.69) is 15.9 Å². The second kappa shape index (κ2) is 10.6. The molecule has 11 heteroatoms. The number of benzene rings is 1. The van der Waals surface area contributed by atoms with E-state index in [1.165, 1.54) is 17.3 Å². The molecule has 3 aromatic rings. The van der Waals surface area contributed by atoms with Crippen LogP contribution in [0.4, 0.5) is 5.82 Å². The molecule has 0 saturated carbocycles. The average Bonchev–Trinajstić information content (AvgIpc) is 3.51. The number of pyridine rings is 1. The molecule has 2 saturated heterocycles. The van der Waals surface area contributed by atoms with Crippen LogP contribution in [0.2, 0.25) is 0 Å². The minimum atomic E-state index is -0.192. The third kappa shape index (κ3) is 4.90. The van der Waals surface area contributed by atoms with Crippen LogP contribution in [0.15, 0.2) is 46.2 Å². The summed E-state index contributed by atoms with van der Waals surface area (Å²) in [5.74, 6) is 2.03. The van der Waals surface area contributed by atoms with E-state index in [0.29, 0.717) is 45.9 Å². The molecule has 0 unspecified atom stereocenters. The number of rotatable bonds is 6. The number of fused-ring (bicyclic) bond motifs is 2. The van der Waals surface area contributed by atoms with Crippen LogP contribution in [0.3, 0.4) is 0 Å².